The van der Waals surface area contributed by atoms with Gasteiger partial charge in [0.2, 0.25) is 0 Å². The lowest BCUT2D eigenvalue weighted by Gasteiger charge is -2.37. The summed E-state index contributed by atoms with van der Waals surface area (Å²) < 4.78 is 5.43. The molecule has 0 saturated carbocycles. The largest absolute Gasteiger partial charge is 0.384 e. The summed E-state index contributed by atoms with van der Waals surface area (Å²) in [6.07, 6.45) is 3.91. The molecule has 0 bridgehead atoms. The Bertz CT molecular complexity index is 411. The first-order chi connectivity index (χ1) is 9.65. The lowest BCUT2D eigenvalue weighted by Crippen LogP contribution is -2.44. The lowest BCUT2D eigenvalue weighted by atomic mass is 9.79. The maximum absolute atomic E-state index is 5.43. The molecule has 1 aromatic heterocycles. The topological polar surface area (TPSA) is 59.1 Å². The molecule has 112 valence electrons. The summed E-state index contributed by atoms with van der Waals surface area (Å²) in [7, 11) is 1.78. The second-order valence-corrected chi connectivity index (χ2v) is 6.02. The number of ether oxygens (including phenoxy) is 1. The summed E-state index contributed by atoms with van der Waals surface area (Å²) >= 11 is 0. The van der Waals surface area contributed by atoms with Crippen LogP contribution in [-0.4, -0.2) is 43.3 Å². The van der Waals surface area contributed by atoms with Gasteiger partial charge in [0, 0.05) is 30.8 Å². The molecule has 1 aliphatic heterocycles. The average Bonchev–Trinajstić information content (AvgIpc) is 2.47. The van der Waals surface area contributed by atoms with E-state index < -0.39 is 0 Å². The van der Waals surface area contributed by atoms with Crippen molar-refractivity contribution in [2.75, 3.05) is 38.7 Å². The smallest absolute Gasteiger partial charge is 0.129 e. The highest BCUT2D eigenvalue weighted by atomic mass is 16.5. The predicted octanol–water partition coefficient (Wildman–Crippen LogP) is 2.03. The Morgan fingerprint density at radius 1 is 1.35 bits per heavy atom. The molecule has 2 N–H and O–H groups in total. The second-order valence-electron chi connectivity index (χ2n) is 6.02. The molecule has 0 aromatic carbocycles. The number of aromatic nitrogens is 2. The van der Waals surface area contributed by atoms with Crippen LogP contribution in [0.5, 0.6) is 0 Å². The van der Waals surface area contributed by atoms with Gasteiger partial charge >= 0.3 is 0 Å². The van der Waals surface area contributed by atoms with Gasteiger partial charge in [-0.05, 0) is 31.8 Å². The molecular weight excluding hydrogens is 252 g/mol. The van der Waals surface area contributed by atoms with Crippen LogP contribution in [-0.2, 0) is 4.74 Å². The molecule has 0 radical (unpaired) electrons. The summed E-state index contributed by atoms with van der Waals surface area (Å²) in [5.41, 5.74) is 1.29. The first-order valence-electron chi connectivity index (χ1n) is 7.41. The zero-order chi connectivity index (χ0) is 14.4. The van der Waals surface area contributed by atoms with Crippen molar-refractivity contribution in [2.45, 2.75) is 32.6 Å². The summed E-state index contributed by atoms with van der Waals surface area (Å²) in [5.74, 6) is 1.34. The average molecular weight is 278 g/mol. The fourth-order valence-corrected chi connectivity index (χ4v) is 2.70. The van der Waals surface area contributed by atoms with Crippen molar-refractivity contribution in [1.29, 1.82) is 0 Å². The number of anilines is 1. The maximum Gasteiger partial charge on any atom is 0.129 e. The number of hydrogen-bond acceptors (Lipinski definition) is 5. The zero-order valence-corrected chi connectivity index (χ0v) is 12.8. The van der Waals surface area contributed by atoms with Crippen molar-refractivity contribution in [3.63, 3.8) is 0 Å². The minimum atomic E-state index is 0.211. The van der Waals surface area contributed by atoms with Gasteiger partial charge in [0.05, 0.1) is 6.61 Å². The van der Waals surface area contributed by atoms with Gasteiger partial charge in [-0.25, -0.2) is 9.97 Å². The van der Waals surface area contributed by atoms with Crippen LogP contribution in [0.15, 0.2) is 12.4 Å². The van der Waals surface area contributed by atoms with Gasteiger partial charge in [-0.2, -0.15) is 0 Å². The number of rotatable bonds is 6. The molecule has 1 fully saturated rings. The third kappa shape index (κ3) is 3.90. The fraction of sp³-hybridized carbons (Fsp3) is 0.733. The molecule has 0 amide bonds. The molecule has 1 aliphatic rings. The molecular formula is C15H26N4O. The summed E-state index contributed by atoms with van der Waals surface area (Å²) in [6.45, 7) is 8.11. The highest BCUT2D eigenvalue weighted by Gasteiger charge is 2.32. The molecule has 2 rings (SSSR count). The van der Waals surface area contributed by atoms with E-state index in [1.165, 1.54) is 0 Å². The monoisotopic (exact) mass is 278 g/mol. The lowest BCUT2D eigenvalue weighted by molar-refractivity contribution is 0.0635. The number of nitrogens with zero attached hydrogens (tertiary/aromatic N) is 2. The first-order valence-corrected chi connectivity index (χ1v) is 7.41. The van der Waals surface area contributed by atoms with Crippen LogP contribution in [0.2, 0.25) is 0 Å². The molecule has 0 unspecified atom stereocenters. The minimum Gasteiger partial charge on any atom is -0.384 e. The Morgan fingerprint density at radius 3 is 2.75 bits per heavy atom. The Labute approximate surface area is 121 Å². The SMILES string of the molecule is COCC1(CNc2cc(C(C)C)ncn2)CCNCC1. The third-order valence-electron chi connectivity index (χ3n) is 4.04. The Hall–Kier alpha value is -1.20. The Morgan fingerprint density at radius 2 is 2.10 bits per heavy atom. The zero-order valence-electron chi connectivity index (χ0n) is 12.8. The van der Waals surface area contributed by atoms with Crippen molar-refractivity contribution in [3.05, 3.63) is 18.1 Å². The number of nitrogens with one attached hydrogen (secondary N) is 2. The number of methoxy groups -OCH3 is 1. The van der Waals surface area contributed by atoms with Gasteiger partial charge in [-0.15, -0.1) is 0 Å². The molecule has 0 aliphatic carbocycles. The number of piperidine rings is 1. The first kappa shape index (κ1) is 15.2. The van der Waals surface area contributed by atoms with Gasteiger partial charge < -0.3 is 15.4 Å². The van der Waals surface area contributed by atoms with Crippen LogP contribution in [0.4, 0.5) is 5.82 Å². The van der Waals surface area contributed by atoms with E-state index in [-0.39, 0.29) is 5.41 Å². The van der Waals surface area contributed by atoms with E-state index in [0.29, 0.717) is 5.92 Å². The van der Waals surface area contributed by atoms with Gasteiger partial charge in [0.1, 0.15) is 12.1 Å². The van der Waals surface area contributed by atoms with Crippen LogP contribution in [0.3, 0.4) is 0 Å². The Balaban J connectivity index is 2.00. The van der Waals surface area contributed by atoms with Crippen LogP contribution >= 0.6 is 0 Å². The molecule has 1 aromatic rings. The van der Waals surface area contributed by atoms with Gasteiger partial charge in [0.15, 0.2) is 0 Å². The van der Waals surface area contributed by atoms with Gasteiger partial charge in [-0.3, -0.25) is 0 Å². The summed E-state index contributed by atoms with van der Waals surface area (Å²) in [5, 5.41) is 6.89. The number of hydrogen-bond donors (Lipinski definition) is 2. The van der Waals surface area contributed by atoms with Crippen LogP contribution in [0, 0.1) is 5.41 Å². The van der Waals surface area contributed by atoms with E-state index in [9.17, 15) is 0 Å². The molecule has 1 saturated heterocycles. The van der Waals surface area contributed by atoms with Gasteiger partial charge in [-0.1, -0.05) is 13.8 Å². The second kappa shape index (κ2) is 6.99. The van der Waals surface area contributed by atoms with Crippen molar-refractivity contribution in [3.8, 4) is 0 Å². The van der Waals surface area contributed by atoms with Crippen LogP contribution < -0.4 is 10.6 Å². The van der Waals surface area contributed by atoms with E-state index in [4.69, 9.17) is 4.74 Å². The van der Waals surface area contributed by atoms with E-state index in [1.54, 1.807) is 13.4 Å². The predicted molar refractivity (Wildman–Crippen MR) is 81.0 cm³/mol. The molecule has 0 atom stereocenters. The van der Waals surface area contributed by atoms with Crippen molar-refractivity contribution in [2.24, 2.45) is 5.41 Å². The molecule has 0 spiro atoms. The quantitative estimate of drug-likeness (QED) is 0.834. The molecule has 5 heteroatoms. The van der Waals surface area contributed by atoms with Gasteiger partial charge in [0.25, 0.3) is 0 Å². The molecule has 5 nitrogen and oxygen atoms in total. The molecule has 2 heterocycles. The van der Waals surface area contributed by atoms with Crippen molar-refractivity contribution < 1.29 is 4.74 Å². The van der Waals surface area contributed by atoms with E-state index in [2.05, 4.69) is 34.4 Å². The molecule has 20 heavy (non-hydrogen) atoms. The highest BCUT2D eigenvalue weighted by Crippen LogP contribution is 2.29. The van der Waals surface area contributed by atoms with E-state index in [0.717, 1.165) is 50.6 Å². The van der Waals surface area contributed by atoms with Crippen molar-refractivity contribution >= 4 is 5.82 Å². The van der Waals surface area contributed by atoms with E-state index in [1.807, 2.05) is 6.07 Å². The highest BCUT2D eigenvalue weighted by molar-refractivity contribution is 5.36. The van der Waals surface area contributed by atoms with Crippen LogP contribution in [0.25, 0.3) is 0 Å². The van der Waals surface area contributed by atoms with Crippen LogP contribution in [0.1, 0.15) is 38.3 Å². The summed E-state index contributed by atoms with van der Waals surface area (Å²) in [4.78, 5) is 8.62. The minimum absolute atomic E-state index is 0.211. The van der Waals surface area contributed by atoms with E-state index >= 15 is 0 Å². The third-order valence-corrected chi connectivity index (χ3v) is 4.04. The normalized spacial score (nSPS) is 18.2. The van der Waals surface area contributed by atoms with Crippen molar-refractivity contribution in [1.82, 2.24) is 15.3 Å². The fourth-order valence-electron chi connectivity index (χ4n) is 2.70. The standard InChI is InChI=1S/C15H26N4O/c1-12(2)13-8-14(19-11-18-13)17-9-15(10-20-3)4-6-16-7-5-15/h8,11-12,16H,4-7,9-10H2,1-3H3,(H,17,18,19). The maximum atomic E-state index is 5.43. The Kier molecular flexibility index (Phi) is 5.31. The summed E-state index contributed by atoms with van der Waals surface area (Å²) in [6, 6.07) is 2.05.